The number of nitrogens with zero attached hydrogens (tertiary/aromatic N) is 3. The standard InChI is InChI=1S/C12H14Cl2N4/c1-4-15-11-9(13)6-10(14)12(16-11)18-8(3)5-7(2)17-18/h5-6H,4H2,1-3H3,(H,15,16). The maximum atomic E-state index is 6.18. The minimum atomic E-state index is 0.479. The average molecular weight is 285 g/mol. The molecule has 0 bridgehead atoms. The van der Waals surface area contributed by atoms with E-state index in [1.54, 1.807) is 10.7 Å². The van der Waals surface area contributed by atoms with Crippen LogP contribution in [0, 0.1) is 13.8 Å². The van der Waals surface area contributed by atoms with E-state index >= 15 is 0 Å². The summed E-state index contributed by atoms with van der Waals surface area (Å²) in [5.41, 5.74) is 1.90. The molecule has 0 aliphatic rings. The zero-order chi connectivity index (χ0) is 13.3. The zero-order valence-corrected chi connectivity index (χ0v) is 12.0. The Morgan fingerprint density at radius 3 is 2.50 bits per heavy atom. The summed E-state index contributed by atoms with van der Waals surface area (Å²) in [7, 11) is 0. The maximum absolute atomic E-state index is 6.18. The number of anilines is 1. The lowest BCUT2D eigenvalue weighted by Gasteiger charge is -2.10. The summed E-state index contributed by atoms with van der Waals surface area (Å²) < 4.78 is 1.72. The molecule has 0 saturated carbocycles. The van der Waals surface area contributed by atoms with Gasteiger partial charge in [-0.3, -0.25) is 0 Å². The molecule has 0 aliphatic heterocycles. The highest BCUT2D eigenvalue weighted by atomic mass is 35.5. The predicted molar refractivity (Wildman–Crippen MR) is 75.0 cm³/mol. The van der Waals surface area contributed by atoms with E-state index < -0.39 is 0 Å². The SMILES string of the molecule is CCNc1nc(-n2nc(C)cc2C)c(Cl)cc1Cl. The molecule has 2 heterocycles. The highest BCUT2D eigenvalue weighted by Crippen LogP contribution is 2.28. The van der Waals surface area contributed by atoms with Gasteiger partial charge in [0.05, 0.1) is 15.7 Å². The van der Waals surface area contributed by atoms with E-state index in [0.717, 1.165) is 17.9 Å². The quantitative estimate of drug-likeness (QED) is 0.936. The fourth-order valence-electron chi connectivity index (χ4n) is 1.74. The van der Waals surface area contributed by atoms with Crippen LogP contribution >= 0.6 is 23.2 Å². The molecule has 2 aromatic heterocycles. The van der Waals surface area contributed by atoms with Crippen LogP contribution in [0.3, 0.4) is 0 Å². The molecular formula is C12H14Cl2N4. The van der Waals surface area contributed by atoms with Gasteiger partial charge < -0.3 is 5.32 Å². The molecule has 6 heteroatoms. The van der Waals surface area contributed by atoms with E-state index in [2.05, 4.69) is 15.4 Å². The molecule has 1 N–H and O–H groups in total. The fourth-order valence-corrected chi connectivity index (χ4v) is 2.25. The van der Waals surface area contributed by atoms with Crippen molar-refractivity contribution < 1.29 is 0 Å². The highest BCUT2D eigenvalue weighted by Gasteiger charge is 2.13. The van der Waals surface area contributed by atoms with E-state index in [9.17, 15) is 0 Å². The Balaban J connectivity index is 2.56. The van der Waals surface area contributed by atoms with Crippen LogP contribution < -0.4 is 5.32 Å². The third-order valence-corrected chi connectivity index (χ3v) is 3.03. The van der Waals surface area contributed by atoms with E-state index in [4.69, 9.17) is 23.2 Å². The van der Waals surface area contributed by atoms with Gasteiger partial charge in [0.1, 0.15) is 5.82 Å². The van der Waals surface area contributed by atoms with Crippen LogP contribution in [0.25, 0.3) is 5.82 Å². The lowest BCUT2D eigenvalue weighted by Crippen LogP contribution is -2.07. The summed E-state index contributed by atoms with van der Waals surface area (Å²) in [6.45, 7) is 6.61. The van der Waals surface area contributed by atoms with Gasteiger partial charge in [0.15, 0.2) is 5.82 Å². The third kappa shape index (κ3) is 2.44. The molecule has 2 aromatic rings. The summed E-state index contributed by atoms with van der Waals surface area (Å²) in [6, 6.07) is 3.65. The van der Waals surface area contributed by atoms with E-state index in [-0.39, 0.29) is 0 Å². The lowest BCUT2D eigenvalue weighted by molar-refractivity contribution is 0.806. The molecule has 4 nitrogen and oxygen atoms in total. The minimum absolute atomic E-state index is 0.479. The van der Waals surface area contributed by atoms with Crippen LogP contribution in [0.2, 0.25) is 10.0 Å². The topological polar surface area (TPSA) is 42.7 Å². The Kier molecular flexibility index (Phi) is 3.78. The number of rotatable bonds is 3. The molecule has 0 spiro atoms. The molecule has 18 heavy (non-hydrogen) atoms. The van der Waals surface area contributed by atoms with E-state index in [1.165, 1.54) is 0 Å². The summed E-state index contributed by atoms with van der Waals surface area (Å²) in [5, 5.41) is 8.45. The van der Waals surface area contributed by atoms with Crippen molar-refractivity contribution in [1.82, 2.24) is 14.8 Å². The summed E-state index contributed by atoms with van der Waals surface area (Å²) in [4.78, 5) is 4.43. The predicted octanol–water partition coefficient (Wildman–Crippen LogP) is 3.62. The normalized spacial score (nSPS) is 10.7. The first-order chi connectivity index (χ1) is 8.52. The van der Waals surface area contributed by atoms with Crippen molar-refractivity contribution in [3.63, 3.8) is 0 Å². The van der Waals surface area contributed by atoms with Crippen molar-refractivity contribution in [2.24, 2.45) is 0 Å². The molecule has 0 saturated heterocycles. The second kappa shape index (κ2) is 5.16. The van der Waals surface area contributed by atoms with Crippen LogP contribution in [0.5, 0.6) is 0 Å². The van der Waals surface area contributed by atoms with Crippen molar-refractivity contribution in [2.75, 3.05) is 11.9 Å². The first-order valence-electron chi connectivity index (χ1n) is 5.66. The Bertz CT molecular complexity index is 578. The van der Waals surface area contributed by atoms with Crippen LogP contribution in [0.1, 0.15) is 18.3 Å². The third-order valence-electron chi connectivity index (χ3n) is 2.47. The van der Waals surface area contributed by atoms with Gasteiger partial charge in [-0.25, -0.2) is 9.67 Å². The Morgan fingerprint density at radius 2 is 1.94 bits per heavy atom. The Hall–Kier alpha value is -1.26. The van der Waals surface area contributed by atoms with Gasteiger partial charge in [0.2, 0.25) is 0 Å². The first-order valence-corrected chi connectivity index (χ1v) is 6.42. The second-order valence-corrected chi connectivity index (χ2v) is 4.81. The largest absolute Gasteiger partial charge is 0.369 e. The van der Waals surface area contributed by atoms with Crippen molar-refractivity contribution in [3.8, 4) is 5.82 Å². The van der Waals surface area contributed by atoms with Gasteiger partial charge in [-0.15, -0.1) is 0 Å². The van der Waals surface area contributed by atoms with Gasteiger partial charge >= 0.3 is 0 Å². The number of halogens is 2. The van der Waals surface area contributed by atoms with E-state index in [1.807, 2.05) is 26.8 Å². The molecule has 0 atom stereocenters. The first kappa shape index (κ1) is 13.2. The van der Waals surface area contributed by atoms with Crippen LogP contribution in [0.15, 0.2) is 12.1 Å². The molecule has 0 unspecified atom stereocenters. The second-order valence-electron chi connectivity index (χ2n) is 3.99. The molecule has 0 radical (unpaired) electrons. The molecule has 0 amide bonds. The van der Waals surface area contributed by atoms with Gasteiger partial charge in [0, 0.05) is 12.2 Å². The zero-order valence-electron chi connectivity index (χ0n) is 10.5. The average Bonchev–Trinajstić information content (AvgIpc) is 2.62. The van der Waals surface area contributed by atoms with Crippen LogP contribution in [-0.2, 0) is 0 Å². The number of nitrogens with one attached hydrogen (secondary N) is 1. The molecule has 96 valence electrons. The van der Waals surface area contributed by atoms with Crippen molar-refractivity contribution in [1.29, 1.82) is 0 Å². The van der Waals surface area contributed by atoms with E-state index in [0.29, 0.717) is 21.7 Å². The fraction of sp³-hybridized carbons (Fsp3) is 0.333. The highest BCUT2D eigenvalue weighted by molar-refractivity contribution is 6.36. The van der Waals surface area contributed by atoms with Crippen LogP contribution in [0.4, 0.5) is 5.82 Å². The van der Waals surface area contributed by atoms with Crippen molar-refractivity contribution >= 4 is 29.0 Å². The number of aryl methyl sites for hydroxylation is 2. The number of hydrogen-bond acceptors (Lipinski definition) is 3. The maximum Gasteiger partial charge on any atom is 0.174 e. The molecule has 0 fully saturated rings. The Morgan fingerprint density at radius 1 is 1.22 bits per heavy atom. The lowest BCUT2D eigenvalue weighted by atomic mass is 10.4. The summed E-state index contributed by atoms with van der Waals surface area (Å²) in [6.07, 6.45) is 0. The summed E-state index contributed by atoms with van der Waals surface area (Å²) in [5.74, 6) is 1.20. The summed E-state index contributed by atoms with van der Waals surface area (Å²) >= 11 is 12.3. The number of aromatic nitrogens is 3. The van der Waals surface area contributed by atoms with Crippen molar-refractivity contribution in [2.45, 2.75) is 20.8 Å². The molecule has 0 aliphatic carbocycles. The Labute approximate surface area is 116 Å². The smallest absolute Gasteiger partial charge is 0.174 e. The van der Waals surface area contributed by atoms with Gasteiger partial charge in [-0.2, -0.15) is 5.10 Å². The van der Waals surface area contributed by atoms with Gasteiger partial charge in [0.25, 0.3) is 0 Å². The van der Waals surface area contributed by atoms with Gasteiger partial charge in [-0.1, -0.05) is 23.2 Å². The van der Waals surface area contributed by atoms with Crippen LogP contribution in [-0.4, -0.2) is 21.3 Å². The molecule has 2 rings (SSSR count). The molecular weight excluding hydrogens is 271 g/mol. The molecule has 0 aromatic carbocycles. The number of pyridine rings is 1. The minimum Gasteiger partial charge on any atom is -0.369 e. The monoisotopic (exact) mass is 284 g/mol. The number of hydrogen-bond donors (Lipinski definition) is 1. The van der Waals surface area contributed by atoms with Gasteiger partial charge in [-0.05, 0) is 32.9 Å². The van der Waals surface area contributed by atoms with Crippen molar-refractivity contribution in [3.05, 3.63) is 33.6 Å².